The summed E-state index contributed by atoms with van der Waals surface area (Å²) in [5, 5.41) is 3.66. The van der Waals surface area contributed by atoms with Crippen molar-refractivity contribution in [3.8, 4) is 0 Å². The van der Waals surface area contributed by atoms with Crippen LogP contribution in [0, 0.1) is 17.8 Å². The third-order valence-electron chi connectivity index (χ3n) is 5.48. The Labute approximate surface area is 138 Å². The first kappa shape index (κ1) is 14.9. The second-order valence-corrected chi connectivity index (χ2v) is 6.78. The molecule has 0 amide bonds. The van der Waals surface area contributed by atoms with Gasteiger partial charge in [-0.05, 0) is 32.1 Å². The molecule has 0 radical (unpaired) electrons. The lowest BCUT2D eigenvalue weighted by Gasteiger charge is -2.23. The van der Waals surface area contributed by atoms with Gasteiger partial charge in [-0.15, -0.1) is 24.0 Å². The van der Waals surface area contributed by atoms with Crippen LogP contribution in [0.2, 0.25) is 0 Å². The van der Waals surface area contributed by atoms with Crippen molar-refractivity contribution in [3.63, 3.8) is 0 Å². The zero-order valence-electron chi connectivity index (χ0n) is 12.4. The highest BCUT2D eigenvalue weighted by Gasteiger charge is 2.53. The first-order chi connectivity index (χ1) is 9.26. The smallest absolute Gasteiger partial charge is 0.194 e. The van der Waals surface area contributed by atoms with Gasteiger partial charge in [-0.25, -0.2) is 0 Å². The quantitative estimate of drug-likeness (QED) is 0.445. The number of guanidine groups is 1. The molecule has 0 spiro atoms. The lowest BCUT2D eigenvalue weighted by Crippen LogP contribution is -2.42. The molecule has 3 heterocycles. The summed E-state index contributed by atoms with van der Waals surface area (Å²) in [4.78, 5) is 7.21. The van der Waals surface area contributed by atoms with Gasteiger partial charge in [0, 0.05) is 37.5 Å². The second-order valence-electron chi connectivity index (χ2n) is 6.78. The molecular weight excluding hydrogens is 365 g/mol. The Balaban J connectivity index is 0.00000121. The molecule has 6 unspecified atom stereocenters. The molecule has 1 N–H and O–H groups in total. The summed E-state index contributed by atoms with van der Waals surface area (Å²) in [6, 6.07) is 0.665. The van der Waals surface area contributed by atoms with Crippen molar-refractivity contribution < 1.29 is 4.74 Å². The van der Waals surface area contributed by atoms with E-state index < -0.39 is 0 Å². The summed E-state index contributed by atoms with van der Waals surface area (Å²) >= 11 is 0. The summed E-state index contributed by atoms with van der Waals surface area (Å²) in [5.74, 6) is 3.51. The lowest BCUT2D eigenvalue weighted by atomic mass is 9.82. The number of ether oxygens (including phenoxy) is 1. The molecule has 20 heavy (non-hydrogen) atoms. The molecule has 4 nitrogen and oxygen atoms in total. The maximum absolute atomic E-state index is 6.05. The van der Waals surface area contributed by atoms with Gasteiger partial charge in [0.05, 0.1) is 12.2 Å². The van der Waals surface area contributed by atoms with Crippen molar-refractivity contribution in [1.82, 2.24) is 10.2 Å². The zero-order valence-corrected chi connectivity index (χ0v) is 14.7. The largest absolute Gasteiger partial charge is 0.374 e. The molecule has 4 rings (SSSR count). The van der Waals surface area contributed by atoms with Gasteiger partial charge in [-0.2, -0.15) is 0 Å². The van der Waals surface area contributed by atoms with Crippen LogP contribution in [0.15, 0.2) is 4.99 Å². The van der Waals surface area contributed by atoms with Crippen LogP contribution in [0.1, 0.15) is 33.1 Å². The lowest BCUT2D eigenvalue weighted by molar-refractivity contribution is 0.0767. The molecule has 1 saturated carbocycles. The molecule has 5 heteroatoms. The predicted octanol–water partition coefficient (Wildman–Crippen LogP) is 2.09. The first-order valence-electron chi connectivity index (χ1n) is 7.97. The van der Waals surface area contributed by atoms with Crippen LogP contribution < -0.4 is 5.32 Å². The Kier molecular flexibility index (Phi) is 4.19. The van der Waals surface area contributed by atoms with Gasteiger partial charge in [0.25, 0.3) is 0 Å². The van der Waals surface area contributed by atoms with Crippen LogP contribution in [0.5, 0.6) is 0 Å². The predicted molar refractivity (Wildman–Crippen MR) is 90.5 cm³/mol. The minimum absolute atomic E-state index is 0. The zero-order chi connectivity index (χ0) is 13.0. The van der Waals surface area contributed by atoms with E-state index in [0.717, 1.165) is 43.3 Å². The molecule has 2 bridgehead atoms. The SMILES string of the molecule is CCN=C(NC1CC1C)N1CC2C3CCC(O3)C2C1.I. The number of fused-ring (bicyclic) bond motifs is 5. The molecule has 0 aromatic carbocycles. The number of nitrogens with zero attached hydrogens (tertiary/aromatic N) is 2. The Hall–Kier alpha value is -0.0400. The third kappa shape index (κ3) is 2.45. The number of aliphatic imine (C=N–C) groups is 1. The Bertz CT molecular complexity index is 385. The highest BCUT2D eigenvalue weighted by molar-refractivity contribution is 14.0. The van der Waals surface area contributed by atoms with Crippen molar-refractivity contribution in [2.45, 2.75) is 51.4 Å². The summed E-state index contributed by atoms with van der Waals surface area (Å²) in [7, 11) is 0. The molecule has 0 aromatic heterocycles. The van der Waals surface area contributed by atoms with Gasteiger partial charge in [0.15, 0.2) is 5.96 Å². The Morgan fingerprint density at radius 2 is 1.85 bits per heavy atom. The van der Waals surface area contributed by atoms with E-state index in [0.29, 0.717) is 18.2 Å². The van der Waals surface area contributed by atoms with E-state index in [1.807, 2.05) is 0 Å². The summed E-state index contributed by atoms with van der Waals surface area (Å²) in [5.41, 5.74) is 0. The maximum atomic E-state index is 6.05. The molecular formula is C15H26IN3O. The normalized spacial score (nSPS) is 45.3. The van der Waals surface area contributed by atoms with Crippen molar-refractivity contribution in [2.75, 3.05) is 19.6 Å². The average Bonchev–Trinajstić information content (AvgIpc) is 2.85. The molecule has 3 aliphatic heterocycles. The van der Waals surface area contributed by atoms with Crippen molar-refractivity contribution in [3.05, 3.63) is 0 Å². The van der Waals surface area contributed by atoms with Crippen molar-refractivity contribution in [1.29, 1.82) is 0 Å². The van der Waals surface area contributed by atoms with Gasteiger partial charge >= 0.3 is 0 Å². The fraction of sp³-hybridized carbons (Fsp3) is 0.933. The highest BCUT2D eigenvalue weighted by atomic mass is 127. The minimum atomic E-state index is 0. The maximum Gasteiger partial charge on any atom is 0.194 e. The van der Waals surface area contributed by atoms with Gasteiger partial charge < -0.3 is 15.0 Å². The molecule has 4 fully saturated rings. The van der Waals surface area contributed by atoms with E-state index in [9.17, 15) is 0 Å². The first-order valence-corrected chi connectivity index (χ1v) is 7.97. The third-order valence-corrected chi connectivity index (χ3v) is 5.48. The topological polar surface area (TPSA) is 36.9 Å². The molecule has 4 aliphatic rings. The average molecular weight is 391 g/mol. The number of rotatable bonds is 2. The van der Waals surface area contributed by atoms with Crippen LogP contribution in [-0.4, -0.2) is 48.7 Å². The van der Waals surface area contributed by atoms with Gasteiger partial charge in [-0.3, -0.25) is 4.99 Å². The highest BCUT2D eigenvalue weighted by Crippen LogP contribution is 2.47. The summed E-state index contributed by atoms with van der Waals surface area (Å²) in [6.45, 7) is 7.62. The number of halogens is 1. The fourth-order valence-electron chi connectivity index (χ4n) is 4.21. The van der Waals surface area contributed by atoms with Crippen LogP contribution in [-0.2, 0) is 4.74 Å². The van der Waals surface area contributed by atoms with Gasteiger partial charge in [0.1, 0.15) is 0 Å². The van der Waals surface area contributed by atoms with Crippen molar-refractivity contribution >= 4 is 29.9 Å². The van der Waals surface area contributed by atoms with E-state index in [1.165, 1.54) is 19.3 Å². The Morgan fingerprint density at radius 3 is 2.35 bits per heavy atom. The van der Waals surface area contributed by atoms with Crippen molar-refractivity contribution in [2.24, 2.45) is 22.7 Å². The van der Waals surface area contributed by atoms with E-state index >= 15 is 0 Å². The van der Waals surface area contributed by atoms with Crippen LogP contribution >= 0.6 is 24.0 Å². The van der Waals surface area contributed by atoms with Crippen LogP contribution in [0.4, 0.5) is 0 Å². The van der Waals surface area contributed by atoms with Gasteiger partial charge in [-0.1, -0.05) is 6.92 Å². The second kappa shape index (κ2) is 5.63. The summed E-state index contributed by atoms with van der Waals surface area (Å²) < 4.78 is 6.05. The van der Waals surface area contributed by atoms with E-state index in [-0.39, 0.29) is 24.0 Å². The van der Waals surface area contributed by atoms with E-state index in [4.69, 9.17) is 9.73 Å². The summed E-state index contributed by atoms with van der Waals surface area (Å²) in [6.07, 6.45) is 4.96. The van der Waals surface area contributed by atoms with Gasteiger partial charge in [0.2, 0.25) is 0 Å². The number of hydrogen-bond acceptors (Lipinski definition) is 2. The number of likely N-dealkylation sites (tertiary alicyclic amines) is 1. The fourth-order valence-corrected chi connectivity index (χ4v) is 4.21. The molecule has 1 aliphatic carbocycles. The van der Waals surface area contributed by atoms with Crippen LogP contribution in [0.25, 0.3) is 0 Å². The molecule has 0 aromatic rings. The number of nitrogens with one attached hydrogen (secondary N) is 1. The molecule has 3 saturated heterocycles. The van der Waals surface area contributed by atoms with E-state index in [1.54, 1.807) is 0 Å². The Morgan fingerprint density at radius 1 is 1.25 bits per heavy atom. The monoisotopic (exact) mass is 391 g/mol. The molecule has 114 valence electrons. The van der Waals surface area contributed by atoms with E-state index in [2.05, 4.69) is 24.1 Å². The standard InChI is InChI=1S/C15H25N3O.HI/c1-3-16-15(17-12-6-9(12)2)18-7-10-11(8-18)14-5-4-13(10)19-14;/h9-14H,3-8H2,1-2H3,(H,16,17);1H. The number of hydrogen-bond donors (Lipinski definition) is 1. The molecule has 6 atom stereocenters. The minimum Gasteiger partial charge on any atom is -0.374 e. The van der Waals surface area contributed by atoms with Crippen LogP contribution in [0.3, 0.4) is 0 Å².